The van der Waals surface area contributed by atoms with Crippen molar-refractivity contribution in [2.24, 2.45) is 0 Å². The molecule has 1 aromatic carbocycles. The molecule has 3 heteroatoms. The van der Waals surface area contributed by atoms with Crippen molar-refractivity contribution in [1.29, 1.82) is 0 Å². The van der Waals surface area contributed by atoms with Gasteiger partial charge in [0.1, 0.15) is 0 Å². The van der Waals surface area contributed by atoms with Gasteiger partial charge in [0.15, 0.2) is 5.79 Å². The smallest absolute Gasteiger partial charge is 0.168 e. The molecule has 1 heterocycles. The molecule has 1 aliphatic heterocycles. The van der Waals surface area contributed by atoms with Crippen LogP contribution >= 0.6 is 15.9 Å². The standard InChI is InChI=1S/C16H17BrO2/c17-14-3-1-2-13-12(14)4-5-15(13)6-8-16(9-7-15)18-10-11-19-16/h1-5H,6-11H2. The van der Waals surface area contributed by atoms with Crippen molar-refractivity contribution in [1.82, 2.24) is 0 Å². The summed E-state index contributed by atoms with van der Waals surface area (Å²) in [6.45, 7) is 1.51. The van der Waals surface area contributed by atoms with Gasteiger partial charge in [-0.25, -0.2) is 0 Å². The maximum absolute atomic E-state index is 5.84. The molecular formula is C16H17BrO2. The van der Waals surface area contributed by atoms with E-state index in [9.17, 15) is 0 Å². The zero-order valence-corrected chi connectivity index (χ0v) is 12.4. The average molecular weight is 321 g/mol. The Bertz CT molecular complexity index is 534. The maximum Gasteiger partial charge on any atom is 0.168 e. The van der Waals surface area contributed by atoms with Crippen molar-refractivity contribution in [3.8, 4) is 0 Å². The summed E-state index contributed by atoms with van der Waals surface area (Å²) in [7, 11) is 0. The lowest BCUT2D eigenvalue weighted by molar-refractivity contribution is -0.182. The van der Waals surface area contributed by atoms with Crippen LogP contribution in [-0.2, 0) is 14.9 Å². The average Bonchev–Trinajstić information content (AvgIpc) is 3.01. The third-order valence-corrected chi connectivity index (χ3v) is 5.57. The van der Waals surface area contributed by atoms with Crippen LogP contribution in [0.1, 0.15) is 36.8 Å². The monoisotopic (exact) mass is 320 g/mol. The van der Waals surface area contributed by atoms with Gasteiger partial charge in [-0.2, -0.15) is 0 Å². The van der Waals surface area contributed by atoms with E-state index in [1.807, 2.05) is 0 Å². The van der Waals surface area contributed by atoms with Gasteiger partial charge in [0.25, 0.3) is 0 Å². The Morgan fingerprint density at radius 1 is 1.00 bits per heavy atom. The lowest BCUT2D eigenvalue weighted by Crippen LogP contribution is -2.40. The van der Waals surface area contributed by atoms with Crippen LogP contribution in [0.5, 0.6) is 0 Å². The van der Waals surface area contributed by atoms with Crippen LogP contribution in [0.25, 0.3) is 6.08 Å². The molecule has 0 unspecified atom stereocenters. The normalized spacial score (nSPS) is 26.2. The van der Waals surface area contributed by atoms with E-state index in [4.69, 9.17) is 9.47 Å². The maximum atomic E-state index is 5.84. The van der Waals surface area contributed by atoms with Crippen molar-refractivity contribution < 1.29 is 9.47 Å². The van der Waals surface area contributed by atoms with Gasteiger partial charge < -0.3 is 9.47 Å². The van der Waals surface area contributed by atoms with Crippen molar-refractivity contribution in [2.75, 3.05) is 13.2 Å². The van der Waals surface area contributed by atoms with Gasteiger partial charge in [-0.3, -0.25) is 0 Å². The summed E-state index contributed by atoms with van der Waals surface area (Å²) in [6.07, 6.45) is 8.91. The Kier molecular flexibility index (Phi) is 2.66. The van der Waals surface area contributed by atoms with E-state index in [1.54, 1.807) is 0 Å². The number of benzene rings is 1. The van der Waals surface area contributed by atoms with E-state index in [2.05, 4.69) is 46.3 Å². The number of hydrogen-bond donors (Lipinski definition) is 0. The molecule has 1 saturated carbocycles. The third kappa shape index (κ3) is 1.75. The molecule has 0 N–H and O–H groups in total. The molecule has 0 amide bonds. The van der Waals surface area contributed by atoms with Gasteiger partial charge in [0.2, 0.25) is 0 Å². The third-order valence-electron chi connectivity index (χ3n) is 4.88. The highest BCUT2D eigenvalue weighted by Gasteiger charge is 2.47. The molecule has 0 atom stereocenters. The van der Waals surface area contributed by atoms with Gasteiger partial charge in [0, 0.05) is 22.7 Å². The highest BCUT2D eigenvalue weighted by molar-refractivity contribution is 9.10. The first-order valence-corrected chi connectivity index (χ1v) is 7.79. The fourth-order valence-electron chi connectivity index (χ4n) is 3.77. The Labute approximate surface area is 121 Å². The van der Waals surface area contributed by atoms with E-state index in [1.165, 1.54) is 15.6 Å². The molecule has 2 aliphatic carbocycles. The number of rotatable bonds is 0. The largest absolute Gasteiger partial charge is 0.348 e. The van der Waals surface area contributed by atoms with E-state index in [-0.39, 0.29) is 11.2 Å². The molecule has 2 nitrogen and oxygen atoms in total. The molecule has 100 valence electrons. The first-order chi connectivity index (χ1) is 9.23. The summed E-state index contributed by atoms with van der Waals surface area (Å²) in [5.41, 5.74) is 3.03. The molecule has 2 spiro atoms. The molecule has 1 aromatic rings. The Hall–Kier alpha value is -0.640. The Morgan fingerprint density at radius 2 is 1.74 bits per heavy atom. The number of allylic oxidation sites excluding steroid dienone is 1. The summed E-state index contributed by atoms with van der Waals surface area (Å²) in [6, 6.07) is 6.54. The predicted octanol–water partition coefficient (Wildman–Crippen LogP) is 4.03. The fourth-order valence-corrected chi connectivity index (χ4v) is 4.27. The highest BCUT2D eigenvalue weighted by Crippen LogP contribution is 2.51. The SMILES string of the molecule is Brc1cccc2c1C=CC21CCC2(CC1)OCCO2. The van der Waals surface area contributed by atoms with Crippen molar-refractivity contribution >= 4 is 22.0 Å². The molecule has 4 rings (SSSR count). The van der Waals surface area contributed by atoms with E-state index in [0.717, 1.165) is 38.9 Å². The van der Waals surface area contributed by atoms with E-state index >= 15 is 0 Å². The molecule has 19 heavy (non-hydrogen) atoms. The second kappa shape index (κ2) is 4.18. The molecule has 2 fully saturated rings. The van der Waals surface area contributed by atoms with Crippen LogP contribution in [0.4, 0.5) is 0 Å². The quantitative estimate of drug-likeness (QED) is 0.718. The number of fused-ring (bicyclic) bond motifs is 2. The van der Waals surface area contributed by atoms with Crippen LogP contribution in [0.2, 0.25) is 0 Å². The Morgan fingerprint density at radius 3 is 2.47 bits per heavy atom. The zero-order chi connectivity index (χ0) is 12.9. The van der Waals surface area contributed by atoms with E-state index < -0.39 is 0 Å². The second-order valence-corrected chi connectivity index (χ2v) is 6.65. The minimum absolute atomic E-state index is 0.208. The topological polar surface area (TPSA) is 18.5 Å². The molecule has 0 radical (unpaired) electrons. The Balaban J connectivity index is 1.65. The van der Waals surface area contributed by atoms with Crippen LogP contribution < -0.4 is 0 Å². The zero-order valence-electron chi connectivity index (χ0n) is 10.8. The van der Waals surface area contributed by atoms with Crippen LogP contribution in [0.3, 0.4) is 0 Å². The van der Waals surface area contributed by atoms with Crippen molar-refractivity contribution in [2.45, 2.75) is 36.9 Å². The van der Waals surface area contributed by atoms with Crippen LogP contribution in [0.15, 0.2) is 28.7 Å². The lowest BCUT2D eigenvalue weighted by atomic mass is 9.69. The van der Waals surface area contributed by atoms with Crippen molar-refractivity contribution in [3.05, 3.63) is 39.9 Å². The van der Waals surface area contributed by atoms with Crippen LogP contribution in [-0.4, -0.2) is 19.0 Å². The summed E-state index contributed by atoms with van der Waals surface area (Å²) in [4.78, 5) is 0. The van der Waals surface area contributed by atoms with Gasteiger partial charge in [-0.1, -0.05) is 40.2 Å². The summed E-state index contributed by atoms with van der Waals surface area (Å²) < 4.78 is 12.9. The van der Waals surface area contributed by atoms with Gasteiger partial charge >= 0.3 is 0 Å². The first kappa shape index (κ1) is 12.1. The summed E-state index contributed by atoms with van der Waals surface area (Å²) in [5, 5.41) is 0. The minimum atomic E-state index is -0.270. The van der Waals surface area contributed by atoms with Gasteiger partial charge in [-0.15, -0.1) is 0 Å². The first-order valence-electron chi connectivity index (χ1n) is 6.99. The molecule has 0 aromatic heterocycles. The van der Waals surface area contributed by atoms with Crippen LogP contribution in [0, 0.1) is 0 Å². The highest BCUT2D eigenvalue weighted by atomic mass is 79.9. The second-order valence-electron chi connectivity index (χ2n) is 5.80. The molecule has 1 saturated heterocycles. The van der Waals surface area contributed by atoms with E-state index in [0.29, 0.717) is 0 Å². The minimum Gasteiger partial charge on any atom is -0.348 e. The predicted molar refractivity (Wildman–Crippen MR) is 78.0 cm³/mol. The molecular weight excluding hydrogens is 304 g/mol. The molecule has 0 bridgehead atoms. The fraction of sp³-hybridized carbons (Fsp3) is 0.500. The lowest BCUT2D eigenvalue weighted by Gasteiger charge is -2.41. The van der Waals surface area contributed by atoms with Gasteiger partial charge in [0.05, 0.1) is 13.2 Å². The number of ether oxygens (including phenoxy) is 2. The van der Waals surface area contributed by atoms with Gasteiger partial charge in [-0.05, 0) is 30.0 Å². The summed E-state index contributed by atoms with van der Waals surface area (Å²) in [5.74, 6) is -0.270. The van der Waals surface area contributed by atoms with Crippen molar-refractivity contribution in [3.63, 3.8) is 0 Å². The summed E-state index contributed by atoms with van der Waals surface area (Å²) >= 11 is 3.66. The number of halogens is 1. The molecule has 3 aliphatic rings. The number of hydrogen-bond acceptors (Lipinski definition) is 2.